The third-order valence-electron chi connectivity index (χ3n) is 2.90. The summed E-state index contributed by atoms with van der Waals surface area (Å²) in [7, 11) is -4.07. The summed E-state index contributed by atoms with van der Waals surface area (Å²) in [6.45, 7) is 8.83. The summed E-state index contributed by atoms with van der Waals surface area (Å²) in [4.78, 5) is 34.9. The van der Waals surface area contributed by atoms with E-state index >= 15 is 0 Å². The number of unbranched alkanes of at least 4 members (excludes halogenated alkanes) is 1. The Morgan fingerprint density at radius 1 is 0.963 bits per heavy atom. The molecule has 0 aromatic rings. The summed E-state index contributed by atoms with van der Waals surface area (Å²) in [5.74, 6) is -3.69. The van der Waals surface area contributed by atoms with Gasteiger partial charge in [0.1, 0.15) is 19.1 Å². The summed E-state index contributed by atoms with van der Waals surface area (Å²) in [6.07, 6.45) is 0.307. The van der Waals surface area contributed by atoms with E-state index in [2.05, 4.69) is 13.2 Å². The van der Waals surface area contributed by atoms with Crippen LogP contribution in [-0.4, -0.2) is 79.5 Å². The van der Waals surface area contributed by atoms with Gasteiger partial charge in [-0.25, -0.2) is 9.59 Å². The van der Waals surface area contributed by atoms with Crippen molar-refractivity contribution in [2.24, 2.45) is 5.92 Å². The Labute approximate surface area is 178 Å². The fraction of sp³-hybridized carbons (Fsp3) is 0.562. The van der Waals surface area contributed by atoms with Gasteiger partial charge in [-0.05, 0) is 26.7 Å². The number of esters is 3. The smallest absolute Gasteiger partial charge is 1.00 e. The van der Waals surface area contributed by atoms with Crippen molar-refractivity contribution >= 4 is 51.1 Å². The van der Waals surface area contributed by atoms with Crippen molar-refractivity contribution in [3.05, 3.63) is 24.3 Å². The average molecular weight is 419 g/mol. The van der Waals surface area contributed by atoms with Gasteiger partial charge < -0.3 is 17.1 Å². The molecule has 0 aliphatic carbocycles. The maximum atomic E-state index is 12.1. The molecule has 0 saturated heterocycles. The summed E-state index contributed by atoms with van der Waals surface area (Å²) in [5, 5.41) is 0. The standard InChI is InChI=1S/C16H24O9S.Mg.2H/c1-11(2)14(17)24-9-13(10-25-15(18)12(3)4)16(19)23-7-5-6-8-26(20,21)22;;;/h13H,1,3,5-10H2,2,4H3,(H,20,21,22);;;/q;+2;2*-1. The third kappa shape index (κ3) is 14.3. The van der Waals surface area contributed by atoms with Gasteiger partial charge in [0.25, 0.3) is 10.1 Å². The van der Waals surface area contributed by atoms with Crippen LogP contribution in [0.25, 0.3) is 0 Å². The normalized spacial score (nSPS) is 10.5. The van der Waals surface area contributed by atoms with Crippen molar-refractivity contribution in [3.8, 4) is 0 Å². The number of carbonyl (C=O) groups excluding carboxylic acids is 3. The minimum absolute atomic E-state index is 0. The second-order valence-electron chi connectivity index (χ2n) is 5.62. The minimum Gasteiger partial charge on any atom is -1.00 e. The number of rotatable bonds is 12. The third-order valence-corrected chi connectivity index (χ3v) is 3.71. The van der Waals surface area contributed by atoms with Crippen LogP contribution in [0.4, 0.5) is 0 Å². The van der Waals surface area contributed by atoms with Gasteiger partial charge in [-0.1, -0.05) is 13.2 Å². The fourth-order valence-electron chi connectivity index (χ4n) is 1.46. The molecule has 0 spiro atoms. The molecule has 0 heterocycles. The molecular weight excluding hydrogens is 393 g/mol. The van der Waals surface area contributed by atoms with Gasteiger partial charge in [-0.2, -0.15) is 8.42 Å². The van der Waals surface area contributed by atoms with Crippen molar-refractivity contribution in [2.75, 3.05) is 25.6 Å². The van der Waals surface area contributed by atoms with Gasteiger partial charge in [0.2, 0.25) is 0 Å². The molecule has 0 aromatic heterocycles. The molecule has 0 unspecified atom stereocenters. The predicted octanol–water partition coefficient (Wildman–Crippen LogP) is 0.897. The van der Waals surface area contributed by atoms with Crippen LogP contribution in [0.3, 0.4) is 0 Å². The van der Waals surface area contributed by atoms with Gasteiger partial charge in [-0.15, -0.1) is 0 Å². The summed E-state index contributed by atoms with van der Waals surface area (Å²) in [5.41, 5.74) is 0.280. The van der Waals surface area contributed by atoms with Crippen molar-refractivity contribution in [1.82, 2.24) is 0 Å². The first kappa shape index (κ1) is 27.8. The first-order valence-corrected chi connectivity index (χ1v) is 9.32. The molecule has 0 saturated carbocycles. The van der Waals surface area contributed by atoms with Gasteiger partial charge in [-0.3, -0.25) is 9.35 Å². The summed E-state index contributed by atoms with van der Waals surface area (Å²) in [6, 6.07) is 0. The Hall–Kier alpha value is -1.43. The molecule has 152 valence electrons. The maximum Gasteiger partial charge on any atom is 2.00 e. The van der Waals surface area contributed by atoms with Crippen LogP contribution >= 0.6 is 0 Å². The van der Waals surface area contributed by atoms with Crippen LogP contribution in [0, 0.1) is 5.92 Å². The summed E-state index contributed by atoms with van der Waals surface area (Å²) >= 11 is 0. The number of carbonyl (C=O) groups is 3. The van der Waals surface area contributed by atoms with E-state index < -0.39 is 39.7 Å². The van der Waals surface area contributed by atoms with Crippen LogP contribution in [0.15, 0.2) is 24.3 Å². The predicted molar refractivity (Wildman–Crippen MR) is 99.6 cm³/mol. The van der Waals surface area contributed by atoms with E-state index in [0.29, 0.717) is 0 Å². The molecule has 1 N–H and O–H groups in total. The zero-order valence-corrected chi connectivity index (χ0v) is 17.8. The molecule has 9 nitrogen and oxygen atoms in total. The van der Waals surface area contributed by atoms with E-state index in [4.69, 9.17) is 18.8 Å². The minimum atomic E-state index is -4.07. The molecule has 27 heavy (non-hydrogen) atoms. The van der Waals surface area contributed by atoms with Crippen LogP contribution in [-0.2, 0) is 38.7 Å². The van der Waals surface area contributed by atoms with Crippen molar-refractivity contribution in [1.29, 1.82) is 0 Å². The molecule has 0 aliphatic heterocycles. The van der Waals surface area contributed by atoms with Crippen LogP contribution in [0.2, 0.25) is 0 Å². The van der Waals surface area contributed by atoms with Crippen molar-refractivity contribution in [3.63, 3.8) is 0 Å². The number of hydrogen-bond acceptors (Lipinski definition) is 8. The topological polar surface area (TPSA) is 133 Å². The van der Waals surface area contributed by atoms with Gasteiger partial charge in [0.05, 0.1) is 12.4 Å². The van der Waals surface area contributed by atoms with Gasteiger partial charge in [0.15, 0.2) is 0 Å². The molecular formula is C16H26MgO9S. The molecule has 0 radical (unpaired) electrons. The second kappa shape index (κ2) is 13.7. The van der Waals surface area contributed by atoms with Crippen molar-refractivity contribution < 1.29 is 44.4 Å². The average Bonchev–Trinajstić information content (AvgIpc) is 2.52. The first-order chi connectivity index (χ1) is 11.9. The zero-order chi connectivity index (χ0) is 20.3. The zero-order valence-electron chi connectivity index (χ0n) is 17.6. The largest absolute Gasteiger partial charge is 2.00 e. The molecule has 11 heteroatoms. The van der Waals surface area contributed by atoms with Crippen LogP contribution in [0.1, 0.15) is 29.5 Å². The van der Waals surface area contributed by atoms with Crippen molar-refractivity contribution in [2.45, 2.75) is 26.7 Å². The van der Waals surface area contributed by atoms with E-state index in [1.807, 2.05) is 0 Å². The van der Waals surface area contributed by atoms with Crippen LogP contribution in [0.5, 0.6) is 0 Å². The van der Waals surface area contributed by atoms with Gasteiger partial charge >= 0.3 is 41.0 Å². The molecule has 0 fully saturated rings. The van der Waals surface area contributed by atoms with E-state index in [1.54, 1.807) is 0 Å². The Bertz CT molecular complexity index is 635. The Morgan fingerprint density at radius 2 is 1.41 bits per heavy atom. The van der Waals surface area contributed by atoms with E-state index in [9.17, 15) is 22.8 Å². The molecule has 0 bridgehead atoms. The van der Waals surface area contributed by atoms with E-state index in [0.717, 1.165) is 0 Å². The maximum absolute atomic E-state index is 12.1. The fourth-order valence-corrected chi connectivity index (χ4v) is 2.03. The Kier molecular flexibility index (Phi) is 14.1. The molecule has 0 rings (SSSR count). The Balaban J connectivity index is -0.00000104. The first-order valence-electron chi connectivity index (χ1n) is 7.71. The second-order valence-corrected chi connectivity index (χ2v) is 7.19. The monoisotopic (exact) mass is 418 g/mol. The van der Waals surface area contributed by atoms with E-state index in [1.165, 1.54) is 13.8 Å². The molecule has 0 aromatic carbocycles. The SMILES string of the molecule is C=C(C)C(=O)OCC(COC(=O)C(=C)C)C(=O)OCCCCS(=O)(=O)O.[H-].[H-].[Mg+2]. The molecule has 0 aliphatic rings. The quantitative estimate of drug-likeness (QED) is 0.122. The number of ether oxygens (including phenoxy) is 3. The van der Waals surface area contributed by atoms with Crippen LogP contribution < -0.4 is 0 Å². The summed E-state index contributed by atoms with van der Waals surface area (Å²) < 4.78 is 44.5. The van der Waals surface area contributed by atoms with E-state index in [-0.39, 0.29) is 69.7 Å². The molecule has 0 amide bonds. The Morgan fingerprint density at radius 3 is 1.78 bits per heavy atom. The molecule has 0 atom stereocenters. The number of hydrogen-bond donors (Lipinski definition) is 1. The van der Waals surface area contributed by atoms with Gasteiger partial charge in [0, 0.05) is 11.1 Å².